The summed E-state index contributed by atoms with van der Waals surface area (Å²) in [4.78, 5) is 23.6. The van der Waals surface area contributed by atoms with Crippen LogP contribution in [-0.2, 0) is 19.1 Å². The fraction of sp³-hybridized carbons (Fsp3) is 0.846. The molecule has 0 aromatic heterocycles. The van der Waals surface area contributed by atoms with Gasteiger partial charge < -0.3 is 19.9 Å². The highest BCUT2D eigenvalue weighted by Gasteiger charge is 2.43. The van der Waals surface area contributed by atoms with Crippen LogP contribution >= 0.6 is 0 Å². The molecule has 2 N–H and O–H groups in total. The lowest BCUT2D eigenvalue weighted by atomic mass is 9.80. The van der Waals surface area contributed by atoms with Gasteiger partial charge in [-0.3, -0.25) is 9.59 Å². The van der Waals surface area contributed by atoms with Crippen LogP contribution < -0.4 is 5.32 Å². The van der Waals surface area contributed by atoms with Gasteiger partial charge in [0.15, 0.2) is 0 Å². The number of rotatable bonds is 4. The summed E-state index contributed by atoms with van der Waals surface area (Å²) in [5.41, 5.74) is -1.70. The molecule has 2 saturated heterocycles. The second kappa shape index (κ2) is 5.46. The molecule has 0 spiro atoms. The number of nitrogens with one attached hydrogen (secondary N) is 1. The molecule has 1 unspecified atom stereocenters. The van der Waals surface area contributed by atoms with Gasteiger partial charge >= 0.3 is 5.97 Å². The molecule has 19 heavy (non-hydrogen) atoms. The standard InChI is InChI=1S/C13H21NO5/c1-12(3-2-6-19-12)10(15)14-9-13(11(16)17)4-7-18-8-5-13/h2-9H2,1H3,(H,14,15)(H,16,17). The van der Waals surface area contributed by atoms with Gasteiger partial charge in [-0.2, -0.15) is 0 Å². The van der Waals surface area contributed by atoms with Crippen LogP contribution in [0.15, 0.2) is 0 Å². The summed E-state index contributed by atoms with van der Waals surface area (Å²) in [6.45, 7) is 3.34. The first kappa shape index (κ1) is 14.3. The lowest BCUT2D eigenvalue weighted by molar-refractivity contribution is -0.155. The fourth-order valence-corrected chi connectivity index (χ4v) is 2.62. The molecule has 6 heteroatoms. The molecule has 1 amide bonds. The minimum Gasteiger partial charge on any atom is -0.481 e. The third-order valence-electron chi connectivity index (χ3n) is 4.19. The van der Waals surface area contributed by atoms with Crippen molar-refractivity contribution in [2.24, 2.45) is 5.41 Å². The first-order valence-electron chi connectivity index (χ1n) is 6.72. The van der Waals surface area contributed by atoms with Crippen molar-refractivity contribution in [1.29, 1.82) is 0 Å². The van der Waals surface area contributed by atoms with E-state index in [-0.39, 0.29) is 12.5 Å². The summed E-state index contributed by atoms with van der Waals surface area (Å²) < 4.78 is 10.7. The summed E-state index contributed by atoms with van der Waals surface area (Å²) in [5.74, 6) is -1.08. The first-order chi connectivity index (χ1) is 8.99. The van der Waals surface area contributed by atoms with E-state index in [0.717, 1.165) is 6.42 Å². The third kappa shape index (κ3) is 2.90. The second-order valence-corrected chi connectivity index (χ2v) is 5.56. The van der Waals surface area contributed by atoms with Crippen molar-refractivity contribution >= 4 is 11.9 Å². The van der Waals surface area contributed by atoms with Crippen LogP contribution in [0.2, 0.25) is 0 Å². The average Bonchev–Trinajstić information content (AvgIpc) is 2.85. The quantitative estimate of drug-likeness (QED) is 0.780. The van der Waals surface area contributed by atoms with Crippen LogP contribution in [0, 0.1) is 5.41 Å². The van der Waals surface area contributed by atoms with Crippen molar-refractivity contribution in [3.8, 4) is 0 Å². The molecule has 0 bridgehead atoms. The highest BCUT2D eigenvalue weighted by Crippen LogP contribution is 2.31. The smallest absolute Gasteiger partial charge is 0.311 e. The predicted octanol–water partition coefficient (Wildman–Crippen LogP) is 0.553. The topological polar surface area (TPSA) is 84.9 Å². The maximum atomic E-state index is 12.1. The van der Waals surface area contributed by atoms with E-state index in [1.807, 2.05) is 0 Å². The molecule has 1 atom stereocenters. The highest BCUT2D eigenvalue weighted by atomic mass is 16.5. The summed E-state index contributed by atoms with van der Waals surface area (Å²) in [6.07, 6.45) is 2.41. The van der Waals surface area contributed by atoms with Gasteiger partial charge in [0, 0.05) is 26.4 Å². The third-order valence-corrected chi connectivity index (χ3v) is 4.19. The summed E-state index contributed by atoms with van der Waals surface area (Å²) >= 11 is 0. The van der Waals surface area contributed by atoms with Crippen LogP contribution in [-0.4, -0.2) is 48.9 Å². The summed E-state index contributed by atoms with van der Waals surface area (Å²) in [5, 5.41) is 12.1. The normalized spacial score (nSPS) is 29.9. The molecule has 108 valence electrons. The van der Waals surface area contributed by atoms with E-state index in [4.69, 9.17) is 9.47 Å². The number of hydrogen-bond acceptors (Lipinski definition) is 4. The van der Waals surface area contributed by atoms with E-state index in [1.165, 1.54) is 0 Å². The molecule has 0 saturated carbocycles. The van der Waals surface area contributed by atoms with E-state index in [9.17, 15) is 14.7 Å². The Morgan fingerprint density at radius 1 is 1.21 bits per heavy atom. The number of carbonyl (C=O) groups is 2. The number of aliphatic carboxylic acids is 1. The maximum absolute atomic E-state index is 12.1. The van der Waals surface area contributed by atoms with Crippen molar-refractivity contribution in [2.45, 2.75) is 38.2 Å². The van der Waals surface area contributed by atoms with Crippen LogP contribution in [0.25, 0.3) is 0 Å². The summed E-state index contributed by atoms with van der Waals surface area (Å²) in [6, 6.07) is 0. The van der Waals surface area contributed by atoms with Gasteiger partial charge in [0.2, 0.25) is 0 Å². The van der Waals surface area contributed by atoms with E-state index in [0.29, 0.717) is 39.1 Å². The van der Waals surface area contributed by atoms with Crippen LogP contribution in [0.1, 0.15) is 32.6 Å². The minimum absolute atomic E-state index is 0.142. The van der Waals surface area contributed by atoms with Crippen molar-refractivity contribution in [3.05, 3.63) is 0 Å². The van der Waals surface area contributed by atoms with Gasteiger partial charge in [-0.15, -0.1) is 0 Å². The number of hydrogen-bond donors (Lipinski definition) is 2. The number of ether oxygens (including phenoxy) is 2. The van der Waals surface area contributed by atoms with Crippen LogP contribution in [0.5, 0.6) is 0 Å². The highest BCUT2D eigenvalue weighted by molar-refractivity contribution is 5.86. The van der Waals surface area contributed by atoms with Gasteiger partial charge in [0.05, 0.1) is 5.41 Å². The van der Waals surface area contributed by atoms with Gasteiger partial charge in [0.1, 0.15) is 5.60 Å². The lowest BCUT2D eigenvalue weighted by Gasteiger charge is -2.34. The predicted molar refractivity (Wildman–Crippen MR) is 66.7 cm³/mol. The number of carboxylic acids is 1. The van der Waals surface area contributed by atoms with E-state index in [2.05, 4.69) is 5.32 Å². The van der Waals surface area contributed by atoms with Crippen LogP contribution in [0.3, 0.4) is 0 Å². The average molecular weight is 271 g/mol. The molecule has 0 aromatic carbocycles. The molecule has 0 radical (unpaired) electrons. The molecule has 0 aliphatic carbocycles. The molecule has 2 fully saturated rings. The Hall–Kier alpha value is -1.14. The van der Waals surface area contributed by atoms with E-state index < -0.39 is 17.0 Å². The number of amides is 1. The summed E-state index contributed by atoms with van der Waals surface area (Å²) in [7, 11) is 0. The lowest BCUT2D eigenvalue weighted by Crippen LogP contribution is -2.51. The maximum Gasteiger partial charge on any atom is 0.311 e. The Bertz CT molecular complexity index is 356. The fourth-order valence-electron chi connectivity index (χ4n) is 2.62. The Morgan fingerprint density at radius 3 is 2.42 bits per heavy atom. The van der Waals surface area contributed by atoms with E-state index >= 15 is 0 Å². The SMILES string of the molecule is CC1(C(=O)NCC2(C(=O)O)CCOCC2)CCCO1. The minimum atomic E-state index is -0.900. The van der Waals surface area contributed by atoms with Crippen molar-refractivity contribution in [3.63, 3.8) is 0 Å². The Labute approximate surface area is 112 Å². The Balaban J connectivity index is 1.95. The van der Waals surface area contributed by atoms with Gasteiger partial charge in [-0.1, -0.05) is 0 Å². The molecule has 2 aliphatic rings. The first-order valence-corrected chi connectivity index (χ1v) is 6.72. The van der Waals surface area contributed by atoms with E-state index in [1.54, 1.807) is 6.92 Å². The van der Waals surface area contributed by atoms with Crippen molar-refractivity contribution in [1.82, 2.24) is 5.32 Å². The number of carboxylic acid groups (broad SMARTS) is 1. The molecule has 2 rings (SSSR count). The monoisotopic (exact) mass is 271 g/mol. The molecule has 2 aliphatic heterocycles. The molecule has 0 aromatic rings. The van der Waals surface area contributed by atoms with Gasteiger partial charge in [-0.05, 0) is 32.6 Å². The Morgan fingerprint density at radius 2 is 1.89 bits per heavy atom. The Kier molecular flexibility index (Phi) is 4.10. The zero-order valence-corrected chi connectivity index (χ0v) is 11.2. The van der Waals surface area contributed by atoms with Crippen molar-refractivity contribution < 1.29 is 24.2 Å². The number of carbonyl (C=O) groups excluding carboxylic acids is 1. The van der Waals surface area contributed by atoms with Gasteiger partial charge in [0.25, 0.3) is 5.91 Å². The molecule has 2 heterocycles. The largest absolute Gasteiger partial charge is 0.481 e. The van der Waals surface area contributed by atoms with Crippen molar-refractivity contribution in [2.75, 3.05) is 26.4 Å². The zero-order valence-electron chi connectivity index (χ0n) is 11.2. The second-order valence-electron chi connectivity index (χ2n) is 5.56. The zero-order chi connectivity index (χ0) is 13.9. The van der Waals surface area contributed by atoms with Gasteiger partial charge in [-0.25, -0.2) is 0 Å². The molecule has 6 nitrogen and oxygen atoms in total. The van der Waals surface area contributed by atoms with Crippen LogP contribution in [0.4, 0.5) is 0 Å². The molecular formula is C13H21NO5. The molecular weight excluding hydrogens is 250 g/mol.